The molecule has 0 aromatic heterocycles. The Morgan fingerprint density at radius 3 is 2.39 bits per heavy atom. The van der Waals surface area contributed by atoms with E-state index in [1.165, 1.54) is 23.1 Å². The van der Waals surface area contributed by atoms with Gasteiger partial charge in [-0.15, -0.1) is 0 Å². The summed E-state index contributed by atoms with van der Waals surface area (Å²) >= 11 is 0. The highest BCUT2D eigenvalue weighted by atomic mass is 14.6. The quantitative estimate of drug-likeness (QED) is 0.842. The second kappa shape index (κ2) is 6.36. The summed E-state index contributed by atoms with van der Waals surface area (Å²) in [6.07, 6.45) is 3.24. The Balaban J connectivity index is 2.07. The minimum absolute atomic E-state index is 0.0862. The topological polar surface area (TPSA) is 26.0 Å². The van der Waals surface area contributed by atoms with Gasteiger partial charge in [-0.1, -0.05) is 67.9 Å². The van der Waals surface area contributed by atoms with E-state index in [-0.39, 0.29) is 6.04 Å². The van der Waals surface area contributed by atoms with Crippen LogP contribution in [0.4, 0.5) is 0 Å². The van der Waals surface area contributed by atoms with Gasteiger partial charge in [-0.2, -0.15) is 0 Å². The third kappa shape index (κ3) is 3.44. The molecule has 0 aliphatic rings. The number of nitrogens with two attached hydrogens (primary N) is 1. The van der Waals surface area contributed by atoms with Gasteiger partial charge in [-0.3, -0.25) is 0 Å². The molecule has 2 N–H and O–H groups in total. The molecular weight excluding hydrogens is 218 g/mol. The molecule has 1 heteroatoms. The zero-order chi connectivity index (χ0) is 12.8. The van der Waals surface area contributed by atoms with Crippen LogP contribution in [0.5, 0.6) is 0 Å². The smallest absolute Gasteiger partial charge is 0.0335 e. The van der Waals surface area contributed by atoms with Crippen LogP contribution in [0.1, 0.15) is 36.1 Å². The van der Waals surface area contributed by atoms with E-state index >= 15 is 0 Å². The normalized spacial score (nSPS) is 12.3. The average Bonchev–Trinajstić information content (AvgIpc) is 2.40. The largest absolute Gasteiger partial charge is 0.324 e. The molecule has 0 heterocycles. The van der Waals surface area contributed by atoms with Crippen molar-refractivity contribution in [3.05, 3.63) is 71.3 Å². The monoisotopic (exact) mass is 239 g/mol. The van der Waals surface area contributed by atoms with Crippen molar-refractivity contribution < 1.29 is 0 Å². The average molecular weight is 239 g/mol. The maximum atomic E-state index is 6.25. The molecule has 0 amide bonds. The van der Waals surface area contributed by atoms with Gasteiger partial charge in [0.2, 0.25) is 0 Å². The first kappa shape index (κ1) is 12.8. The fourth-order valence-electron chi connectivity index (χ4n) is 2.27. The summed E-state index contributed by atoms with van der Waals surface area (Å²) in [4.78, 5) is 0. The first-order valence-corrected chi connectivity index (χ1v) is 6.68. The summed E-state index contributed by atoms with van der Waals surface area (Å²) in [7, 11) is 0. The van der Waals surface area contributed by atoms with Crippen molar-refractivity contribution in [2.75, 3.05) is 0 Å². The van der Waals surface area contributed by atoms with Crippen LogP contribution in [-0.4, -0.2) is 0 Å². The third-order valence-corrected chi connectivity index (χ3v) is 3.21. The standard InChI is InChI=1S/C17H21N/c1-2-7-14-8-6-9-15(12-14)13-17(18)16-10-4-3-5-11-16/h3-6,8-12,17H,2,7,13,18H2,1H3. The van der Waals surface area contributed by atoms with Crippen LogP contribution in [-0.2, 0) is 12.8 Å². The second-order valence-corrected chi connectivity index (χ2v) is 4.79. The lowest BCUT2D eigenvalue weighted by Crippen LogP contribution is -2.13. The van der Waals surface area contributed by atoms with Gasteiger partial charge in [-0.25, -0.2) is 0 Å². The highest BCUT2D eigenvalue weighted by Gasteiger charge is 2.06. The Kier molecular flexibility index (Phi) is 4.54. The molecule has 1 unspecified atom stereocenters. The SMILES string of the molecule is CCCc1cccc(CC(N)c2ccccc2)c1. The lowest BCUT2D eigenvalue weighted by Gasteiger charge is -2.12. The summed E-state index contributed by atoms with van der Waals surface area (Å²) in [6.45, 7) is 2.21. The van der Waals surface area contributed by atoms with E-state index in [1.54, 1.807) is 0 Å². The molecule has 0 bridgehead atoms. The molecule has 0 saturated carbocycles. The van der Waals surface area contributed by atoms with Crippen LogP contribution in [0.2, 0.25) is 0 Å². The van der Waals surface area contributed by atoms with E-state index in [9.17, 15) is 0 Å². The molecular formula is C17H21N. The molecule has 1 nitrogen and oxygen atoms in total. The van der Waals surface area contributed by atoms with E-state index in [4.69, 9.17) is 5.73 Å². The Bertz CT molecular complexity index is 476. The van der Waals surface area contributed by atoms with E-state index in [0.717, 1.165) is 12.8 Å². The van der Waals surface area contributed by atoms with Gasteiger partial charge in [0.15, 0.2) is 0 Å². The van der Waals surface area contributed by atoms with Crippen molar-refractivity contribution in [2.24, 2.45) is 5.73 Å². The summed E-state index contributed by atoms with van der Waals surface area (Å²) in [5, 5.41) is 0. The molecule has 1 atom stereocenters. The van der Waals surface area contributed by atoms with Crippen molar-refractivity contribution >= 4 is 0 Å². The summed E-state index contributed by atoms with van der Waals surface area (Å²) in [6, 6.07) is 19.2. The summed E-state index contributed by atoms with van der Waals surface area (Å²) in [5.74, 6) is 0. The Morgan fingerprint density at radius 2 is 1.67 bits per heavy atom. The summed E-state index contributed by atoms with van der Waals surface area (Å²) < 4.78 is 0. The molecule has 0 aliphatic carbocycles. The van der Waals surface area contributed by atoms with Crippen molar-refractivity contribution in [3.8, 4) is 0 Å². The first-order chi connectivity index (χ1) is 8.79. The molecule has 0 aliphatic heterocycles. The number of hydrogen-bond donors (Lipinski definition) is 1. The van der Waals surface area contributed by atoms with Crippen LogP contribution in [0.3, 0.4) is 0 Å². The van der Waals surface area contributed by atoms with Crippen LogP contribution in [0, 0.1) is 0 Å². The molecule has 0 spiro atoms. The van der Waals surface area contributed by atoms with Crippen LogP contribution in [0.25, 0.3) is 0 Å². The predicted molar refractivity (Wildman–Crippen MR) is 77.5 cm³/mol. The van der Waals surface area contributed by atoms with Gasteiger partial charge in [0.1, 0.15) is 0 Å². The van der Waals surface area contributed by atoms with E-state index < -0.39 is 0 Å². The number of rotatable bonds is 5. The highest BCUT2D eigenvalue weighted by Crippen LogP contribution is 2.17. The van der Waals surface area contributed by atoms with E-state index in [2.05, 4.69) is 43.3 Å². The fraction of sp³-hybridized carbons (Fsp3) is 0.294. The highest BCUT2D eigenvalue weighted by molar-refractivity contribution is 5.27. The molecule has 94 valence electrons. The maximum Gasteiger partial charge on any atom is 0.0335 e. The van der Waals surface area contributed by atoms with Gasteiger partial charge < -0.3 is 5.73 Å². The summed E-state index contributed by atoms with van der Waals surface area (Å²) in [5.41, 5.74) is 10.2. The molecule has 2 rings (SSSR count). The van der Waals surface area contributed by atoms with Gasteiger partial charge in [0.05, 0.1) is 0 Å². The predicted octanol–water partition coefficient (Wildman–Crippen LogP) is 3.88. The van der Waals surface area contributed by atoms with Gasteiger partial charge in [-0.05, 0) is 29.5 Å². The van der Waals surface area contributed by atoms with Gasteiger partial charge >= 0.3 is 0 Å². The van der Waals surface area contributed by atoms with Crippen molar-refractivity contribution in [1.82, 2.24) is 0 Å². The number of benzene rings is 2. The Hall–Kier alpha value is -1.60. The second-order valence-electron chi connectivity index (χ2n) is 4.79. The maximum absolute atomic E-state index is 6.25. The van der Waals surface area contributed by atoms with Crippen LogP contribution in [0.15, 0.2) is 54.6 Å². The minimum Gasteiger partial charge on any atom is -0.324 e. The van der Waals surface area contributed by atoms with E-state index in [1.807, 2.05) is 18.2 Å². The first-order valence-electron chi connectivity index (χ1n) is 6.68. The third-order valence-electron chi connectivity index (χ3n) is 3.21. The van der Waals surface area contributed by atoms with E-state index in [0.29, 0.717) is 0 Å². The zero-order valence-electron chi connectivity index (χ0n) is 11.0. The van der Waals surface area contributed by atoms with Crippen molar-refractivity contribution in [3.63, 3.8) is 0 Å². The van der Waals surface area contributed by atoms with Gasteiger partial charge in [0, 0.05) is 6.04 Å². The molecule has 2 aromatic rings. The number of hydrogen-bond acceptors (Lipinski definition) is 1. The minimum atomic E-state index is 0.0862. The van der Waals surface area contributed by atoms with Crippen molar-refractivity contribution in [1.29, 1.82) is 0 Å². The molecule has 2 aromatic carbocycles. The Morgan fingerprint density at radius 1 is 0.944 bits per heavy atom. The number of aryl methyl sites for hydroxylation is 1. The lowest BCUT2D eigenvalue weighted by molar-refractivity contribution is 0.720. The van der Waals surface area contributed by atoms with Crippen molar-refractivity contribution in [2.45, 2.75) is 32.2 Å². The molecule has 0 radical (unpaired) electrons. The van der Waals surface area contributed by atoms with Crippen LogP contribution >= 0.6 is 0 Å². The lowest BCUT2D eigenvalue weighted by atomic mass is 9.98. The fourth-order valence-corrected chi connectivity index (χ4v) is 2.27. The van der Waals surface area contributed by atoms with Gasteiger partial charge in [0.25, 0.3) is 0 Å². The molecule has 0 fully saturated rings. The Labute approximate surface area is 110 Å². The zero-order valence-corrected chi connectivity index (χ0v) is 11.0. The van der Waals surface area contributed by atoms with Crippen LogP contribution < -0.4 is 5.73 Å². The molecule has 0 saturated heterocycles. The molecule has 18 heavy (non-hydrogen) atoms.